The number of aryl methyl sites for hydroxylation is 1. The molecular weight excluding hydrogens is 450 g/mol. The first kappa shape index (κ1) is 22.9. The molecule has 0 unspecified atom stereocenters. The second-order valence-corrected chi connectivity index (χ2v) is 12.1. The number of aromatic nitrogens is 2. The summed E-state index contributed by atoms with van der Waals surface area (Å²) < 4.78 is 35.1. The van der Waals surface area contributed by atoms with Crippen molar-refractivity contribution >= 4 is 15.9 Å². The number of fused-ring (bicyclic) bond motifs is 1. The second kappa shape index (κ2) is 8.73. The number of ether oxygens (including phenoxy) is 1. The van der Waals surface area contributed by atoms with E-state index in [-0.39, 0.29) is 17.3 Å². The zero-order chi connectivity index (χ0) is 23.9. The van der Waals surface area contributed by atoms with Gasteiger partial charge in [-0.3, -0.25) is 0 Å². The summed E-state index contributed by atoms with van der Waals surface area (Å²) in [7, 11) is -3.03. The van der Waals surface area contributed by atoms with Crippen molar-refractivity contribution < 1.29 is 17.7 Å². The van der Waals surface area contributed by atoms with E-state index in [0.29, 0.717) is 6.01 Å². The lowest BCUT2D eigenvalue weighted by atomic mass is 9.82. The molecule has 180 valence electrons. The van der Waals surface area contributed by atoms with Gasteiger partial charge in [0.15, 0.2) is 15.7 Å². The van der Waals surface area contributed by atoms with Crippen LogP contribution >= 0.6 is 0 Å². The quantitative estimate of drug-likeness (QED) is 0.519. The molecule has 1 aromatic heterocycles. The molecule has 2 aromatic carbocycles. The van der Waals surface area contributed by atoms with Crippen molar-refractivity contribution in [1.29, 1.82) is 0 Å². The summed E-state index contributed by atoms with van der Waals surface area (Å²) in [6, 6.07) is 14.7. The molecule has 2 aliphatic rings. The van der Waals surface area contributed by atoms with Crippen LogP contribution in [0.4, 0.5) is 6.01 Å². The Kier molecular flexibility index (Phi) is 5.88. The van der Waals surface area contributed by atoms with E-state index >= 15 is 0 Å². The van der Waals surface area contributed by atoms with Crippen molar-refractivity contribution in [1.82, 2.24) is 10.1 Å². The molecule has 0 amide bonds. The molecule has 0 atom stereocenters. The summed E-state index contributed by atoms with van der Waals surface area (Å²) in [6.07, 6.45) is 5.08. The van der Waals surface area contributed by atoms with Gasteiger partial charge in [0.05, 0.1) is 5.75 Å². The van der Waals surface area contributed by atoms with Crippen molar-refractivity contribution in [3.05, 3.63) is 59.4 Å². The summed E-state index contributed by atoms with van der Waals surface area (Å²) in [5.41, 5.74) is 4.09. The van der Waals surface area contributed by atoms with E-state index in [4.69, 9.17) is 9.26 Å². The highest BCUT2D eigenvalue weighted by molar-refractivity contribution is 7.89. The third kappa shape index (κ3) is 4.82. The van der Waals surface area contributed by atoms with E-state index in [1.807, 2.05) is 24.3 Å². The highest BCUT2D eigenvalue weighted by Crippen LogP contribution is 2.41. The van der Waals surface area contributed by atoms with E-state index in [9.17, 15) is 8.42 Å². The van der Waals surface area contributed by atoms with Crippen LogP contribution in [0, 0.1) is 0 Å². The number of piperidine rings is 1. The Hall–Kier alpha value is -2.87. The van der Waals surface area contributed by atoms with Gasteiger partial charge in [-0.15, -0.1) is 0 Å². The van der Waals surface area contributed by atoms with Crippen molar-refractivity contribution in [2.24, 2.45) is 0 Å². The molecule has 1 fully saturated rings. The van der Waals surface area contributed by atoms with Gasteiger partial charge in [-0.1, -0.05) is 49.3 Å². The summed E-state index contributed by atoms with van der Waals surface area (Å²) in [5, 5.41) is 4.09. The smallest absolute Gasteiger partial charge is 0.324 e. The van der Waals surface area contributed by atoms with E-state index in [1.54, 1.807) is 0 Å². The van der Waals surface area contributed by atoms with Gasteiger partial charge in [0.1, 0.15) is 11.4 Å². The summed E-state index contributed by atoms with van der Waals surface area (Å²) in [6.45, 7) is 5.80. The molecule has 34 heavy (non-hydrogen) atoms. The van der Waals surface area contributed by atoms with Crippen molar-refractivity contribution in [3.8, 4) is 16.9 Å². The molecule has 1 spiro atoms. The van der Waals surface area contributed by atoms with Gasteiger partial charge in [-0.2, -0.15) is 4.98 Å². The monoisotopic (exact) mass is 481 g/mol. The fourth-order valence-electron chi connectivity index (χ4n) is 4.84. The first-order valence-corrected chi connectivity index (χ1v) is 13.9. The molecule has 5 rings (SSSR count). The maximum absolute atomic E-state index is 11.5. The molecule has 1 saturated heterocycles. The predicted molar refractivity (Wildman–Crippen MR) is 132 cm³/mol. The van der Waals surface area contributed by atoms with Crippen molar-refractivity contribution in [2.45, 2.75) is 56.8 Å². The Morgan fingerprint density at radius 2 is 1.74 bits per heavy atom. The summed E-state index contributed by atoms with van der Waals surface area (Å²) in [5.74, 6) is 2.04. The largest absolute Gasteiger partial charge is 0.487 e. The summed E-state index contributed by atoms with van der Waals surface area (Å²) in [4.78, 5) is 6.71. The molecule has 0 bridgehead atoms. The van der Waals surface area contributed by atoms with Crippen molar-refractivity contribution in [3.63, 3.8) is 0 Å². The highest BCUT2D eigenvalue weighted by Gasteiger charge is 2.40. The fourth-order valence-corrected chi connectivity index (χ4v) is 5.64. The van der Waals surface area contributed by atoms with Crippen LogP contribution in [-0.4, -0.2) is 43.5 Å². The van der Waals surface area contributed by atoms with E-state index in [2.05, 4.69) is 47.1 Å². The lowest BCUT2D eigenvalue weighted by Crippen LogP contribution is -2.50. The zero-order valence-corrected chi connectivity index (χ0v) is 20.8. The number of hydrogen-bond acceptors (Lipinski definition) is 7. The minimum atomic E-state index is -3.03. The molecule has 0 saturated carbocycles. The molecule has 2 aliphatic heterocycles. The van der Waals surface area contributed by atoms with Crippen LogP contribution in [-0.2, 0) is 22.0 Å². The second-order valence-electron chi connectivity index (χ2n) is 9.95. The van der Waals surface area contributed by atoms with Crippen LogP contribution in [0.1, 0.15) is 56.0 Å². The maximum atomic E-state index is 11.5. The minimum Gasteiger partial charge on any atom is -0.487 e. The molecular formula is C26H31N3O4S. The number of nitrogens with zero attached hydrogens (tertiary/aromatic N) is 3. The van der Waals surface area contributed by atoms with Gasteiger partial charge in [0.25, 0.3) is 0 Å². The Bertz CT molecular complexity index is 1270. The van der Waals surface area contributed by atoms with E-state index in [1.165, 1.54) is 11.8 Å². The van der Waals surface area contributed by atoms with Crippen LogP contribution in [0.3, 0.4) is 0 Å². The molecule has 0 radical (unpaired) electrons. The lowest BCUT2D eigenvalue weighted by molar-refractivity contribution is 0.0217. The average molecular weight is 482 g/mol. The van der Waals surface area contributed by atoms with Gasteiger partial charge in [0.2, 0.25) is 0 Å². The number of rotatable bonds is 5. The minimum absolute atomic E-state index is 0.0657. The third-order valence-corrected chi connectivity index (χ3v) is 7.70. The summed E-state index contributed by atoms with van der Waals surface area (Å²) >= 11 is 0. The highest BCUT2D eigenvalue weighted by atomic mass is 32.2. The Balaban J connectivity index is 1.25. The van der Waals surface area contributed by atoms with Crippen LogP contribution < -0.4 is 9.64 Å². The molecule has 7 nitrogen and oxygen atoms in total. The van der Waals surface area contributed by atoms with Crippen LogP contribution in [0.2, 0.25) is 0 Å². The van der Waals surface area contributed by atoms with Gasteiger partial charge >= 0.3 is 6.01 Å². The van der Waals surface area contributed by atoms with Crippen LogP contribution in [0.5, 0.6) is 5.75 Å². The predicted octanol–water partition coefficient (Wildman–Crippen LogP) is 4.77. The molecule has 0 N–H and O–H groups in total. The first-order chi connectivity index (χ1) is 16.2. The fraction of sp³-hybridized carbons (Fsp3) is 0.462. The van der Waals surface area contributed by atoms with Crippen LogP contribution in [0.25, 0.3) is 11.1 Å². The number of hydrogen-bond donors (Lipinski definition) is 0. The Labute approximate surface area is 201 Å². The van der Waals surface area contributed by atoms with E-state index in [0.717, 1.165) is 67.0 Å². The zero-order valence-electron chi connectivity index (χ0n) is 20.0. The molecule has 3 aromatic rings. The number of benzene rings is 2. The van der Waals surface area contributed by atoms with Gasteiger partial charge < -0.3 is 14.2 Å². The normalized spacial score (nSPS) is 17.6. The van der Waals surface area contributed by atoms with Crippen LogP contribution in [0.15, 0.2) is 47.0 Å². The van der Waals surface area contributed by atoms with E-state index < -0.39 is 9.84 Å². The van der Waals surface area contributed by atoms with Gasteiger partial charge in [-0.05, 0) is 47.2 Å². The third-order valence-electron chi connectivity index (χ3n) is 6.85. The Morgan fingerprint density at radius 1 is 1.03 bits per heavy atom. The molecule has 3 heterocycles. The van der Waals surface area contributed by atoms with Crippen molar-refractivity contribution in [2.75, 3.05) is 24.2 Å². The SMILES string of the molecule is CC(C)c1noc(N2CCC3(CCc4cc(-c5ccc(CS(C)(=O)=O)cc5)ccc4O3)CC2)n1. The Morgan fingerprint density at radius 3 is 2.38 bits per heavy atom. The standard InChI is InChI=1S/C26H31N3O4S/c1-18(2)24-27-25(33-28-24)29-14-12-26(13-15-29)11-10-22-16-21(8-9-23(22)32-26)20-6-4-19(5-7-20)17-34(3,30)31/h4-9,16,18H,10-15,17H2,1-3H3. The number of anilines is 1. The first-order valence-electron chi connectivity index (χ1n) is 11.9. The lowest BCUT2D eigenvalue weighted by Gasteiger charge is -2.44. The number of sulfone groups is 1. The topological polar surface area (TPSA) is 85.5 Å². The van der Waals surface area contributed by atoms with Gasteiger partial charge in [-0.25, -0.2) is 8.42 Å². The maximum Gasteiger partial charge on any atom is 0.324 e. The van der Waals surface area contributed by atoms with Gasteiger partial charge in [0, 0.05) is 38.1 Å². The molecule has 8 heteroatoms. The molecule has 0 aliphatic carbocycles. The average Bonchev–Trinajstić information content (AvgIpc) is 3.30.